The molecule has 0 aliphatic heterocycles. The summed E-state index contributed by atoms with van der Waals surface area (Å²) in [6.07, 6.45) is 0.652. The maximum atomic E-state index is 12.0. The van der Waals surface area contributed by atoms with E-state index in [1.54, 1.807) is 13.8 Å². The second-order valence-corrected chi connectivity index (χ2v) is 5.09. The highest BCUT2D eigenvalue weighted by Gasteiger charge is 2.37. The van der Waals surface area contributed by atoms with Crippen LogP contribution in [-0.4, -0.2) is 22.1 Å². The second kappa shape index (κ2) is 6.61. The molecule has 0 saturated heterocycles. The van der Waals surface area contributed by atoms with Gasteiger partial charge >= 0.3 is 5.97 Å². The van der Waals surface area contributed by atoms with Gasteiger partial charge in [-0.3, -0.25) is 9.59 Å². The number of benzene rings is 1. The lowest BCUT2D eigenvalue weighted by Crippen LogP contribution is -2.34. The summed E-state index contributed by atoms with van der Waals surface area (Å²) >= 11 is 5.74. The third kappa shape index (κ3) is 3.63. The third-order valence-corrected chi connectivity index (χ3v) is 3.84. The molecule has 1 aromatic carbocycles. The van der Waals surface area contributed by atoms with Crippen LogP contribution in [0.2, 0.25) is 5.02 Å². The van der Waals surface area contributed by atoms with Crippen LogP contribution in [0.3, 0.4) is 0 Å². The predicted octanol–water partition coefficient (Wildman–Crippen LogP) is 3.27. The van der Waals surface area contributed by atoms with Crippen molar-refractivity contribution in [3.63, 3.8) is 0 Å². The monoisotopic (exact) mass is 299 g/mol. The van der Waals surface area contributed by atoms with Crippen molar-refractivity contribution in [1.82, 2.24) is 0 Å². The summed E-state index contributed by atoms with van der Waals surface area (Å²) < 4.78 is 0. The highest BCUT2D eigenvalue weighted by molar-refractivity contribution is 6.32. The van der Waals surface area contributed by atoms with Gasteiger partial charge in [-0.2, -0.15) is 0 Å². The van der Waals surface area contributed by atoms with E-state index in [1.807, 2.05) is 0 Å². The van der Waals surface area contributed by atoms with Crippen molar-refractivity contribution in [2.45, 2.75) is 33.1 Å². The minimum absolute atomic E-state index is 0.0772. The van der Waals surface area contributed by atoms with Crippen molar-refractivity contribution in [1.29, 1.82) is 0 Å². The summed E-state index contributed by atoms with van der Waals surface area (Å²) in [6.45, 7) is 3.50. The molecule has 0 aliphatic rings. The smallest absolute Gasteiger partial charge is 0.310 e. The van der Waals surface area contributed by atoms with Gasteiger partial charge in [0, 0.05) is 12.1 Å². The van der Waals surface area contributed by atoms with Crippen molar-refractivity contribution >= 4 is 29.2 Å². The van der Waals surface area contributed by atoms with E-state index in [2.05, 4.69) is 5.32 Å². The van der Waals surface area contributed by atoms with Crippen LogP contribution in [0.5, 0.6) is 5.75 Å². The highest BCUT2D eigenvalue weighted by Crippen LogP contribution is 2.32. The number of halogens is 1. The van der Waals surface area contributed by atoms with Crippen molar-refractivity contribution in [3.8, 4) is 5.75 Å². The summed E-state index contributed by atoms with van der Waals surface area (Å²) in [5.41, 5.74) is -0.630. The third-order valence-electron chi connectivity index (χ3n) is 3.54. The van der Waals surface area contributed by atoms with Crippen LogP contribution in [0.25, 0.3) is 0 Å². The Hall–Kier alpha value is -1.75. The summed E-state index contributed by atoms with van der Waals surface area (Å²) in [5, 5.41) is 21.3. The van der Waals surface area contributed by atoms with E-state index in [4.69, 9.17) is 11.6 Å². The topological polar surface area (TPSA) is 86.6 Å². The van der Waals surface area contributed by atoms with Gasteiger partial charge in [-0.25, -0.2) is 0 Å². The summed E-state index contributed by atoms with van der Waals surface area (Å²) in [5.74, 6) is -1.44. The number of phenols is 1. The molecule has 6 heteroatoms. The molecule has 0 unspecified atom stereocenters. The van der Waals surface area contributed by atoms with Crippen LogP contribution in [0.4, 0.5) is 5.69 Å². The molecular weight excluding hydrogens is 282 g/mol. The molecule has 1 amide bonds. The van der Waals surface area contributed by atoms with Crippen LogP contribution in [0.15, 0.2) is 18.2 Å². The summed E-state index contributed by atoms with van der Waals surface area (Å²) in [4.78, 5) is 23.3. The molecule has 1 rings (SSSR count). The Morgan fingerprint density at radius 3 is 2.35 bits per heavy atom. The van der Waals surface area contributed by atoms with Crippen LogP contribution >= 0.6 is 11.6 Å². The highest BCUT2D eigenvalue weighted by atomic mass is 35.5. The first-order valence-corrected chi connectivity index (χ1v) is 6.74. The molecule has 5 nitrogen and oxygen atoms in total. The Morgan fingerprint density at radius 2 is 1.90 bits per heavy atom. The molecular formula is C14H18ClNO4. The molecule has 3 N–H and O–H groups in total. The fraction of sp³-hybridized carbons (Fsp3) is 0.429. The fourth-order valence-electron chi connectivity index (χ4n) is 1.98. The largest absolute Gasteiger partial charge is 0.506 e. The minimum atomic E-state index is -1.05. The van der Waals surface area contributed by atoms with Gasteiger partial charge in [-0.15, -0.1) is 0 Å². The number of carboxylic acids is 1. The van der Waals surface area contributed by atoms with Crippen molar-refractivity contribution in [2.24, 2.45) is 5.41 Å². The quantitative estimate of drug-likeness (QED) is 0.704. The van der Waals surface area contributed by atoms with Gasteiger partial charge in [0.2, 0.25) is 5.91 Å². The maximum absolute atomic E-state index is 12.0. The lowest BCUT2D eigenvalue weighted by molar-refractivity contribution is -0.151. The Bertz CT molecular complexity index is 512. The summed E-state index contributed by atoms with van der Waals surface area (Å²) in [7, 11) is 0. The van der Waals surface area contributed by atoms with E-state index in [1.165, 1.54) is 18.2 Å². The van der Waals surface area contributed by atoms with E-state index < -0.39 is 17.3 Å². The standard InChI is InChI=1S/C14H18ClNO4/c1-3-14(4-2,13(19)20)8-12(18)16-9-5-6-11(17)10(15)7-9/h5-7,17H,3-4,8H2,1-2H3,(H,16,18)(H,19,20). The molecule has 110 valence electrons. The Balaban J connectivity index is 2.80. The van der Waals surface area contributed by atoms with E-state index in [0.29, 0.717) is 18.5 Å². The molecule has 0 fully saturated rings. The molecule has 0 saturated carbocycles. The van der Waals surface area contributed by atoms with Crippen LogP contribution in [0, 0.1) is 5.41 Å². The van der Waals surface area contributed by atoms with E-state index in [0.717, 1.165) is 0 Å². The van der Waals surface area contributed by atoms with Crippen molar-refractivity contribution < 1.29 is 19.8 Å². The normalized spacial score (nSPS) is 11.2. The van der Waals surface area contributed by atoms with E-state index in [-0.39, 0.29) is 17.2 Å². The SMILES string of the molecule is CCC(CC)(CC(=O)Nc1ccc(O)c(Cl)c1)C(=O)O. The molecule has 0 bridgehead atoms. The zero-order valence-electron chi connectivity index (χ0n) is 11.4. The first-order chi connectivity index (χ1) is 9.34. The second-order valence-electron chi connectivity index (χ2n) is 4.68. The average molecular weight is 300 g/mol. The number of phenolic OH excluding ortho intramolecular Hbond substituents is 1. The lowest BCUT2D eigenvalue weighted by Gasteiger charge is -2.25. The zero-order chi connectivity index (χ0) is 15.3. The number of rotatable bonds is 6. The number of aromatic hydroxyl groups is 1. The Labute approximate surface area is 122 Å². The number of carbonyl (C=O) groups excluding carboxylic acids is 1. The average Bonchev–Trinajstić information content (AvgIpc) is 2.40. The number of hydrogen-bond donors (Lipinski definition) is 3. The van der Waals surface area contributed by atoms with Gasteiger partial charge in [0.05, 0.1) is 10.4 Å². The lowest BCUT2D eigenvalue weighted by atomic mass is 9.79. The van der Waals surface area contributed by atoms with Gasteiger partial charge in [0.25, 0.3) is 0 Å². The molecule has 0 aromatic heterocycles. The number of anilines is 1. The molecule has 1 aromatic rings. The van der Waals surface area contributed by atoms with Gasteiger partial charge in [-0.05, 0) is 31.0 Å². The predicted molar refractivity (Wildman–Crippen MR) is 77.0 cm³/mol. The maximum Gasteiger partial charge on any atom is 0.310 e. The van der Waals surface area contributed by atoms with Crippen LogP contribution in [0.1, 0.15) is 33.1 Å². The van der Waals surface area contributed by atoms with Gasteiger partial charge in [0.15, 0.2) is 0 Å². The number of carbonyl (C=O) groups is 2. The molecule has 0 atom stereocenters. The zero-order valence-corrected chi connectivity index (χ0v) is 12.2. The van der Waals surface area contributed by atoms with Crippen molar-refractivity contribution in [2.75, 3.05) is 5.32 Å². The number of nitrogens with one attached hydrogen (secondary N) is 1. The minimum Gasteiger partial charge on any atom is -0.506 e. The molecule has 0 heterocycles. The fourth-order valence-corrected chi connectivity index (χ4v) is 2.16. The van der Waals surface area contributed by atoms with Crippen LogP contribution < -0.4 is 5.32 Å². The van der Waals surface area contributed by atoms with Gasteiger partial charge < -0.3 is 15.5 Å². The molecule has 0 radical (unpaired) electrons. The Morgan fingerprint density at radius 1 is 1.30 bits per heavy atom. The van der Waals surface area contributed by atoms with E-state index >= 15 is 0 Å². The number of aliphatic carboxylic acids is 1. The van der Waals surface area contributed by atoms with Crippen LogP contribution in [-0.2, 0) is 9.59 Å². The Kier molecular flexibility index (Phi) is 5.39. The first kappa shape index (κ1) is 16.3. The molecule has 0 spiro atoms. The molecule has 20 heavy (non-hydrogen) atoms. The first-order valence-electron chi connectivity index (χ1n) is 6.36. The van der Waals surface area contributed by atoms with Gasteiger partial charge in [-0.1, -0.05) is 25.4 Å². The number of carboxylic acid groups (broad SMARTS) is 1. The number of amides is 1. The summed E-state index contributed by atoms with van der Waals surface area (Å²) in [6, 6.07) is 4.27. The molecule has 0 aliphatic carbocycles. The van der Waals surface area contributed by atoms with Gasteiger partial charge in [0.1, 0.15) is 5.75 Å². The van der Waals surface area contributed by atoms with E-state index in [9.17, 15) is 19.8 Å². The van der Waals surface area contributed by atoms with Crippen molar-refractivity contribution in [3.05, 3.63) is 23.2 Å². The number of hydrogen-bond acceptors (Lipinski definition) is 3.